The minimum atomic E-state index is -0.606. The number of carbonyl (C=O) groups excluding carboxylic acids is 1. The Labute approximate surface area is 179 Å². The second-order valence-corrected chi connectivity index (χ2v) is 8.97. The number of anilines is 1. The van der Waals surface area contributed by atoms with Gasteiger partial charge in [0.25, 0.3) is 5.91 Å². The van der Waals surface area contributed by atoms with Crippen LogP contribution in [0.15, 0.2) is 72.2 Å². The van der Waals surface area contributed by atoms with Gasteiger partial charge in [0.2, 0.25) is 5.76 Å². The average molecular weight is 518 g/mol. The molecule has 5 nitrogen and oxygen atoms in total. The van der Waals surface area contributed by atoms with E-state index in [0.29, 0.717) is 21.7 Å². The Hall–Kier alpha value is -2.29. The number of hydrogen-bond acceptors (Lipinski definition) is 5. The Morgan fingerprint density at radius 2 is 1.89 bits per heavy atom. The maximum atomic E-state index is 13.4. The molecule has 0 aliphatic carbocycles. The van der Waals surface area contributed by atoms with E-state index in [1.165, 1.54) is 16.2 Å². The van der Waals surface area contributed by atoms with E-state index in [4.69, 9.17) is 4.42 Å². The number of benzene rings is 2. The monoisotopic (exact) mass is 516 g/mol. The summed E-state index contributed by atoms with van der Waals surface area (Å²) in [7, 11) is 0. The zero-order valence-corrected chi connectivity index (χ0v) is 18.0. The Balaban J connectivity index is 1.85. The molecule has 1 amide bonds. The van der Waals surface area contributed by atoms with Crippen LogP contribution in [0.5, 0.6) is 0 Å². The van der Waals surface area contributed by atoms with Gasteiger partial charge in [-0.15, -0.1) is 11.3 Å². The molecule has 138 valence electrons. The molecular weight excluding hydrogens is 508 g/mol. The zero-order chi connectivity index (χ0) is 19.4. The third kappa shape index (κ3) is 2.67. The van der Waals surface area contributed by atoms with Crippen molar-refractivity contribution in [3.63, 3.8) is 0 Å². The van der Waals surface area contributed by atoms with Gasteiger partial charge in [-0.25, -0.2) is 4.98 Å². The molecule has 28 heavy (non-hydrogen) atoms. The summed E-state index contributed by atoms with van der Waals surface area (Å²) in [6, 6.07) is 12.1. The average Bonchev–Trinajstić information content (AvgIpc) is 3.29. The van der Waals surface area contributed by atoms with Gasteiger partial charge in [-0.3, -0.25) is 14.5 Å². The summed E-state index contributed by atoms with van der Waals surface area (Å²) >= 11 is 8.22. The number of fused-ring (bicyclic) bond motifs is 2. The van der Waals surface area contributed by atoms with E-state index in [1.54, 1.807) is 29.8 Å². The standard InChI is InChI=1S/C20H10Br2N2O3S/c21-11-3-1-2-10(8-11)16-15-17(25)13-9-12(22)4-5-14(13)27-18(15)19(26)24(16)20-23-6-7-28-20/h1-9,16H/t16-/m1/s1. The number of amides is 1. The molecule has 0 spiro atoms. The number of hydrogen-bond donors (Lipinski definition) is 0. The zero-order valence-electron chi connectivity index (χ0n) is 14.1. The van der Waals surface area contributed by atoms with Crippen molar-refractivity contribution in [3.8, 4) is 0 Å². The first-order chi connectivity index (χ1) is 13.5. The lowest BCUT2D eigenvalue weighted by Crippen LogP contribution is -2.29. The molecular formula is C20H10Br2N2O3S. The molecule has 3 heterocycles. The van der Waals surface area contributed by atoms with Crippen molar-refractivity contribution in [1.29, 1.82) is 0 Å². The Morgan fingerprint density at radius 3 is 2.64 bits per heavy atom. The highest BCUT2D eigenvalue weighted by atomic mass is 79.9. The normalized spacial score (nSPS) is 16.0. The fourth-order valence-electron chi connectivity index (χ4n) is 3.47. The maximum absolute atomic E-state index is 13.4. The fraction of sp³-hybridized carbons (Fsp3) is 0.0500. The predicted octanol–water partition coefficient (Wildman–Crippen LogP) is 5.52. The van der Waals surface area contributed by atoms with Crippen LogP contribution in [-0.4, -0.2) is 10.9 Å². The van der Waals surface area contributed by atoms with Gasteiger partial charge in [0.1, 0.15) is 5.58 Å². The van der Waals surface area contributed by atoms with E-state index in [0.717, 1.165) is 14.5 Å². The van der Waals surface area contributed by atoms with E-state index >= 15 is 0 Å². The SMILES string of the molecule is O=C1c2oc3ccc(Br)cc3c(=O)c2[C@@H](c2cccc(Br)c2)N1c1nccs1. The van der Waals surface area contributed by atoms with Crippen LogP contribution in [0.4, 0.5) is 5.13 Å². The number of thiazole rings is 1. The van der Waals surface area contributed by atoms with Crippen molar-refractivity contribution in [3.05, 3.63) is 90.1 Å². The number of rotatable bonds is 2. The van der Waals surface area contributed by atoms with Crippen LogP contribution in [-0.2, 0) is 0 Å². The van der Waals surface area contributed by atoms with Crippen LogP contribution in [0, 0.1) is 0 Å². The Morgan fingerprint density at radius 1 is 1.07 bits per heavy atom. The quantitative estimate of drug-likeness (QED) is 0.351. The molecule has 0 N–H and O–H groups in total. The van der Waals surface area contributed by atoms with Crippen LogP contribution in [0.3, 0.4) is 0 Å². The predicted molar refractivity (Wildman–Crippen MR) is 115 cm³/mol. The summed E-state index contributed by atoms with van der Waals surface area (Å²) in [5.41, 5.74) is 1.31. The van der Waals surface area contributed by atoms with Gasteiger partial charge >= 0.3 is 0 Å². The highest BCUT2D eigenvalue weighted by Gasteiger charge is 2.44. The smallest absolute Gasteiger partial charge is 0.297 e. The molecule has 0 fully saturated rings. The minimum absolute atomic E-state index is 0.0694. The molecule has 5 rings (SSSR count). The molecule has 1 aliphatic rings. The number of aromatic nitrogens is 1. The number of nitrogens with zero attached hydrogens (tertiary/aromatic N) is 2. The molecule has 2 aromatic carbocycles. The molecule has 4 aromatic rings. The lowest BCUT2D eigenvalue weighted by molar-refractivity contribution is 0.0971. The van der Waals surface area contributed by atoms with E-state index in [2.05, 4.69) is 36.8 Å². The van der Waals surface area contributed by atoms with Crippen LogP contribution >= 0.6 is 43.2 Å². The third-order valence-corrected chi connectivity index (χ3v) is 6.38. The largest absolute Gasteiger partial charge is 0.450 e. The minimum Gasteiger partial charge on any atom is -0.450 e. The molecule has 1 atom stereocenters. The van der Waals surface area contributed by atoms with Gasteiger partial charge in [-0.1, -0.05) is 44.0 Å². The van der Waals surface area contributed by atoms with Crippen LogP contribution in [0.1, 0.15) is 27.7 Å². The van der Waals surface area contributed by atoms with E-state index < -0.39 is 6.04 Å². The van der Waals surface area contributed by atoms with E-state index in [1.807, 2.05) is 24.3 Å². The summed E-state index contributed by atoms with van der Waals surface area (Å²) in [5.74, 6) is -0.295. The van der Waals surface area contributed by atoms with Crippen molar-refractivity contribution in [2.45, 2.75) is 6.04 Å². The van der Waals surface area contributed by atoms with Gasteiger partial charge in [0.05, 0.1) is 17.0 Å². The van der Waals surface area contributed by atoms with Gasteiger partial charge in [-0.05, 0) is 35.9 Å². The number of halogens is 2. The lowest BCUT2D eigenvalue weighted by atomic mass is 9.99. The van der Waals surface area contributed by atoms with Gasteiger partial charge in [0.15, 0.2) is 10.6 Å². The second-order valence-electron chi connectivity index (χ2n) is 6.26. The van der Waals surface area contributed by atoms with E-state index in [-0.39, 0.29) is 17.1 Å². The van der Waals surface area contributed by atoms with Gasteiger partial charge < -0.3 is 4.42 Å². The molecule has 8 heteroatoms. The molecule has 0 bridgehead atoms. The first kappa shape index (κ1) is 17.8. The van der Waals surface area contributed by atoms with Crippen LogP contribution in [0.25, 0.3) is 11.0 Å². The molecule has 2 aromatic heterocycles. The van der Waals surface area contributed by atoms with Crippen molar-refractivity contribution in [2.75, 3.05) is 4.90 Å². The summed E-state index contributed by atoms with van der Waals surface area (Å²) in [6.45, 7) is 0. The summed E-state index contributed by atoms with van der Waals surface area (Å²) in [4.78, 5) is 32.5. The fourth-order valence-corrected chi connectivity index (χ4v) is 4.91. The van der Waals surface area contributed by atoms with Crippen molar-refractivity contribution < 1.29 is 9.21 Å². The van der Waals surface area contributed by atoms with Gasteiger partial charge in [-0.2, -0.15) is 0 Å². The summed E-state index contributed by atoms with van der Waals surface area (Å²) in [6.07, 6.45) is 1.64. The molecule has 0 unspecified atom stereocenters. The summed E-state index contributed by atoms with van der Waals surface area (Å²) < 4.78 is 7.55. The maximum Gasteiger partial charge on any atom is 0.297 e. The Kier molecular flexibility index (Phi) is 4.22. The lowest BCUT2D eigenvalue weighted by Gasteiger charge is -2.22. The molecule has 0 saturated heterocycles. The second kappa shape index (κ2) is 6.65. The molecule has 0 radical (unpaired) electrons. The van der Waals surface area contributed by atoms with E-state index in [9.17, 15) is 9.59 Å². The molecule has 0 saturated carbocycles. The summed E-state index contributed by atoms with van der Waals surface area (Å²) in [5, 5.41) is 2.75. The topological polar surface area (TPSA) is 63.4 Å². The molecule has 1 aliphatic heterocycles. The third-order valence-electron chi connectivity index (χ3n) is 4.62. The van der Waals surface area contributed by atoms with Gasteiger partial charge in [0, 0.05) is 20.5 Å². The van der Waals surface area contributed by atoms with Crippen molar-refractivity contribution in [2.24, 2.45) is 0 Å². The van der Waals surface area contributed by atoms with Crippen LogP contribution in [0.2, 0.25) is 0 Å². The Bertz CT molecular complexity index is 1300. The van der Waals surface area contributed by atoms with Crippen molar-refractivity contribution in [1.82, 2.24) is 4.98 Å². The van der Waals surface area contributed by atoms with Crippen LogP contribution < -0.4 is 10.3 Å². The highest BCUT2D eigenvalue weighted by Crippen LogP contribution is 2.42. The first-order valence-electron chi connectivity index (χ1n) is 8.29. The highest BCUT2D eigenvalue weighted by molar-refractivity contribution is 9.10. The first-order valence-corrected chi connectivity index (χ1v) is 10.8. The number of carbonyl (C=O) groups is 1. The van der Waals surface area contributed by atoms with Crippen molar-refractivity contribution >= 4 is 65.2 Å².